The first-order chi connectivity index (χ1) is 10.1. The third-order valence-electron chi connectivity index (χ3n) is 3.04. The minimum Gasteiger partial charge on any atom is -0.340 e. The van der Waals surface area contributed by atoms with Gasteiger partial charge in [0.15, 0.2) is 0 Å². The van der Waals surface area contributed by atoms with E-state index in [1.165, 1.54) is 0 Å². The second-order valence-corrected chi connectivity index (χ2v) is 4.79. The molecular weight excluding hydrogens is 270 g/mol. The Hall–Kier alpha value is -2.83. The summed E-state index contributed by atoms with van der Waals surface area (Å²) in [6.45, 7) is 4.08. The molecule has 0 saturated heterocycles. The van der Waals surface area contributed by atoms with Crippen molar-refractivity contribution in [3.05, 3.63) is 41.3 Å². The largest absolute Gasteiger partial charge is 0.340 e. The third-order valence-corrected chi connectivity index (χ3v) is 3.04. The predicted molar refractivity (Wildman–Crippen MR) is 77.9 cm³/mol. The van der Waals surface area contributed by atoms with Crippen molar-refractivity contribution in [2.24, 2.45) is 0 Å². The number of urea groups is 1. The molecule has 0 aliphatic carbocycles. The Morgan fingerprint density at radius 3 is 2.95 bits per heavy atom. The fourth-order valence-corrected chi connectivity index (χ4v) is 2.05. The number of hydrogen-bond donors (Lipinski definition) is 3. The average molecular weight is 285 g/mol. The van der Waals surface area contributed by atoms with Crippen LogP contribution in [-0.2, 0) is 6.54 Å². The summed E-state index contributed by atoms with van der Waals surface area (Å²) in [4.78, 5) is 19.4. The van der Waals surface area contributed by atoms with Gasteiger partial charge in [0.25, 0.3) is 0 Å². The van der Waals surface area contributed by atoms with E-state index in [4.69, 9.17) is 4.52 Å². The smallest absolute Gasteiger partial charge is 0.322 e. The fourth-order valence-electron chi connectivity index (χ4n) is 2.05. The van der Waals surface area contributed by atoms with Crippen LogP contribution in [0.5, 0.6) is 0 Å². The van der Waals surface area contributed by atoms with Gasteiger partial charge in [0.05, 0.1) is 23.3 Å². The molecular formula is C14H15N5O2. The first-order valence-electron chi connectivity index (χ1n) is 6.54. The first-order valence-corrected chi connectivity index (χ1v) is 6.54. The van der Waals surface area contributed by atoms with Gasteiger partial charge in [-0.05, 0) is 25.5 Å². The number of aromatic amines is 1. The Bertz CT molecular complexity index is 790. The summed E-state index contributed by atoms with van der Waals surface area (Å²) in [6.07, 6.45) is 0. The van der Waals surface area contributed by atoms with Gasteiger partial charge < -0.3 is 14.8 Å². The standard InChI is InChI=1S/C14H15N5O2/c1-8-4-3-5-10-13(8)17-11(16-10)7-15-14(20)18-12-6-9(2)19-21-12/h3-6H,7H2,1-2H3,(H,16,17)(H2,15,18,20). The maximum absolute atomic E-state index is 11.7. The molecule has 0 saturated carbocycles. The van der Waals surface area contributed by atoms with E-state index < -0.39 is 0 Å². The molecule has 0 bridgehead atoms. The van der Waals surface area contributed by atoms with E-state index >= 15 is 0 Å². The van der Waals surface area contributed by atoms with Crippen LogP contribution in [0.2, 0.25) is 0 Å². The number of nitrogens with one attached hydrogen (secondary N) is 3. The maximum Gasteiger partial charge on any atom is 0.322 e. The lowest BCUT2D eigenvalue weighted by Crippen LogP contribution is -2.28. The molecule has 0 unspecified atom stereocenters. The highest BCUT2D eigenvalue weighted by Gasteiger charge is 2.08. The molecule has 3 aromatic rings. The van der Waals surface area contributed by atoms with Gasteiger partial charge in [-0.1, -0.05) is 17.3 Å². The fraction of sp³-hybridized carbons (Fsp3) is 0.214. The van der Waals surface area contributed by atoms with E-state index in [-0.39, 0.29) is 6.03 Å². The highest BCUT2D eigenvalue weighted by molar-refractivity contribution is 5.87. The molecule has 7 nitrogen and oxygen atoms in total. The number of H-pyrrole nitrogens is 1. The normalized spacial score (nSPS) is 10.8. The van der Waals surface area contributed by atoms with Crippen LogP contribution in [0.1, 0.15) is 17.1 Å². The number of rotatable bonds is 3. The lowest BCUT2D eigenvalue weighted by molar-refractivity contribution is 0.250. The van der Waals surface area contributed by atoms with Gasteiger partial charge in [0.2, 0.25) is 5.88 Å². The number of anilines is 1. The van der Waals surface area contributed by atoms with E-state index in [9.17, 15) is 4.79 Å². The van der Waals surface area contributed by atoms with Crippen molar-refractivity contribution in [3.63, 3.8) is 0 Å². The number of para-hydroxylation sites is 1. The number of fused-ring (bicyclic) bond motifs is 1. The van der Waals surface area contributed by atoms with Crippen LogP contribution in [0, 0.1) is 13.8 Å². The summed E-state index contributed by atoms with van der Waals surface area (Å²) in [6, 6.07) is 7.19. The van der Waals surface area contributed by atoms with Gasteiger partial charge in [0, 0.05) is 6.07 Å². The second-order valence-electron chi connectivity index (χ2n) is 4.79. The minimum atomic E-state index is -0.372. The van der Waals surface area contributed by atoms with Gasteiger partial charge >= 0.3 is 6.03 Å². The van der Waals surface area contributed by atoms with Crippen LogP contribution in [0.4, 0.5) is 10.7 Å². The highest BCUT2D eigenvalue weighted by atomic mass is 16.5. The maximum atomic E-state index is 11.7. The quantitative estimate of drug-likeness (QED) is 0.689. The number of carbonyl (C=O) groups excluding carboxylic acids is 1. The van der Waals surface area contributed by atoms with Crippen molar-refractivity contribution in [2.75, 3.05) is 5.32 Å². The lowest BCUT2D eigenvalue weighted by atomic mass is 10.2. The van der Waals surface area contributed by atoms with E-state index in [1.54, 1.807) is 13.0 Å². The molecule has 2 amide bonds. The zero-order chi connectivity index (χ0) is 14.8. The number of imidazole rings is 1. The van der Waals surface area contributed by atoms with Crippen molar-refractivity contribution in [1.82, 2.24) is 20.4 Å². The molecule has 1 aromatic carbocycles. The second kappa shape index (κ2) is 5.28. The highest BCUT2D eigenvalue weighted by Crippen LogP contribution is 2.15. The first kappa shape index (κ1) is 13.2. The molecule has 3 N–H and O–H groups in total. The topological polar surface area (TPSA) is 95.8 Å². The number of aryl methyl sites for hydroxylation is 2. The van der Waals surface area contributed by atoms with Crippen molar-refractivity contribution < 1.29 is 9.32 Å². The number of amides is 2. The third kappa shape index (κ3) is 2.86. The number of nitrogens with zero attached hydrogens (tertiary/aromatic N) is 2. The molecule has 0 atom stereocenters. The summed E-state index contributed by atoms with van der Waals surface area (Å²) in [5, 5.41) is 8.95. The van der Waals surface area contributed by atoms with E-state index in [0.717, 1.165) is 16.6 Å². The summed E-state index contributed by atoms with van der Waals surface area (Å²) < 4.78 is 4.91. The van der Waals surface area contributed by atoms with E-state index in [0.29, 0.717) is 23.9 Å². The molecule has 3 rings (SSSR count). The Labute approximate surface area is 120 Å². The minimum absolute atomic E-state index is 0.299. The molecule has 0 aliphatic rings. The zero-order valence-corrected chi connectivity index (χ0v) is 11.7. The Kier molecular flexibility index (Phi) is 3.31. The molecule has 0 fully saturated rings. The zero-order valence-electron chi connectivity index (χ0n) is 11.7. The van der Waals surface area contributed by atoms with E-state index in [1.807, 2.05) is 25.1 Å². The molecule has 0 aliphatic heterocycles. The summed E-state index contributed by atoms with van der Waals surface area (Å²) in [7, 11) is 0. The van der Waals surface area contributed by atoms with Crippen molar-refractivity contribution >= 4 is 22.9 Å². The molecule has 108 valence electrons. The van der Waals surface area contributed by atoms with E-state index in [2.05, 4.69) is 25.8 Å². The molecule has 0 spiro atoms. The summed E-state index contributed by atoms with van der Waals surface area (Å²) in [5.41, 5.74) is 3.67. The lowest BCUT2D eigenvalue weighted by Gasteiger charge is -2.02. The van der Waals surface area contributed by atoms with Gasteiger partial charge in [-0.25, -0.2) is 9.78 Å². The van der Waals surface area contributed by atoms with Crippen molar-refractivity contribution in [2.45, 2.75) is 20.4 Å². The molecule has 2 aromatic heterocycles. The monoisotopic (exact) mass is 285 g/mol. The Morgan fingerprint density at radius 1 is 1.38 bits per heavy atom. The number of hydrogen-bond acceptors (Lipinski definition) is 4. The SMILES string of the molecule is Cc1cc(NC(=O)NCc2nc3c(C)cccc3[nH]2)on1. The number of aromatic nitrogens is 3. The van der Waals surface area contributed by atoms with Crippen LogP contribution in [0.25, 0.3) is 11.0 Å². The molecule has 7 heteroatoms. The van der Waals surface area contributed by atoms with Crippen molar-refractivity contribution in [1.29, 1.82) is 0 Å². The van der Waals surface area contributed by atoms with Crippen LogP contribution in [-0.4, -0.2) is 21.2 Å². The van der Waals surface area contributed by atoms with Crippen LogP contribution in [0.15, 0.2) is 28.8 Å². The molecule has 0 radical (unpaired) electrons. The molecule has 2 heterocycles. The van der Waals surface area contributed by atoms with Crippen LogP contribution >= 0.6 is 0 Å². The average Bonchev–Trinajstić information content (AvgIpc) is 3.03. The van der Waals surface area contributed by atoms with Gasteiger partial charge in [0.1, 0.15) is 5.82 Å². The van der Waals surface area contributed by atoms with Crippen LogP contribution < -0.4 is 10.6 Å². The van der Waals surface area contributed by atoms with Crippen molar-refractivity contribution in [3.8, 4) is 0 Å². The van der Waals surface area contributed by atoms with Gasteiger partial charge in [-0.2, -0.15) is 0 Å². The predicted octanol–water partition coefficient (Wildman–Crippen LogP) is 2.49. The Morgan fingerprint density at radius 2 is 2.24 bits per heavy atom. The summed E-state index contributed by atoms with van der Waals surface area (Å²) >= 11 is 0. The Balaban J connectivity index is 1.63. The van der Waals surface area contributed by atoms with Gasteiger partial charge in [-0.15, -0.1) is 0 Å². The number of benzene rings is 1. The summed E-state index contributed by atoms with van der Waals surface area (Å²) in [5.74, 6) is 1.01. The van der Waals surface area contributed by atoms with Gasteiger partial charge in [-0.3, -0.25) is 5.32 Å². The molecule has 21 heavy (non-hydrogen) atoms. The van der Waals surface area contributed by atoms with Crippen LogP contribution in [0.3, 0.4) is 0 Å². The number of carbonyl (C=O) groups is 1.